The van der Waals surface area contributed by atoms with Crippen molar-refractivity contribution in [3.05, 3.63) is 29.1 Å². The zero-order valence-electron chi connectivity index (χ0n) is 10.3. The Morgan fingerprint density at radius 2 is 2.18 bits per heavy atom. The van der Waals surface area contributed by atoms with Crippen molar-refractivity contribution >= 4 is 5.97 Å². The smallest absolute Gasteiger partial charge is 0.306 e. The van der Waals surface area contributed by atoms with Crippen LogP contribution in [0.5, 0.6) is 5.75 Å². The van der Waals surface area contributed by atoms with Gasteiger partial charge in [-0.15, -0.1) is 0 Å². The highest BCUT2D eigenvalue weighted by atomic mass is 19.1. The summed E-state index contributed by atoms with van der Waals surface area (Å²) in [4.78, 5) is 10.9. The molecule has 0 aromatic heterocycles. The number of carbonyl (C=O) groups is 1. The molecule has 1 aromatic carbocycles. The fourth-order valence-electron chi connectivity index (χ4n) is 1.75. The second-order valence-corrected chi connectivity index (χ2v) is 4.01. The third-order valence-corrected chi connectivity index (χ3v) is 2.99. The molecule has 0 saturated heterocycles. The molecule has 0 radical (unpaired) electrons. The van der Waals surface area contributed by atoms with Crippen LogP contribution < -0.4 is 4.74 Å². The second kappa shape index (κ2) is 5.66. The Morgan fingerprint density at radius 1 is 1.53 bits per heavy atom. The summed E-state index contributed by atoms with van der Waals surface area (Å²) < 4.78 is 18.6. The molecule has 4 heteroatoms. The third kappa shape index (κ3) is 2.96. The van der Waals surface area contributed by atoms with Crippen molar-refractivity contribution in [3.63, 3.8) is 0 Å². The monoisotopic (exact) mass is 240 g/mol. The van der Waals surface area contributed by atoms with Crippen LogP contribution in [0.25, 0.3) is 0 Å². The first-order valence-corrected chi connectivity index (χ1v) is 5.56. The molecule has 1 atom stereocenters. The van der Waals surface area contributed by atoms with Gasteiger partial charge in [0.25, 0.3) is 0 Å². The number of hydrogen-bond donors (Lipinski definition) is 1. The van der Waals surface area contributed by atoms with Crippen LogP contribution in [0.3, 0.4) is 0 Å². The summed E-state index contributed by atoms with van der Waals surface area (Å²) in [6.07, 6.45) is 0.876. The molecule has 94 valence electrons. The molecule has 0 heterocycles. The van der Waals surface area contributed by atoms with E-state index >= 15 is 0 Å². The molecule has 0 saturated carbocycles. The van der Waals surface area contributed by atoms with Crippen LogP contribution in [0.4, 0.5) is 4.39 Å². The predicted octanol–water partition coefficient (Wildman–Crippen LogP) is 2.80. The lowest BCUT2D eigenvalue weighted by Crippen LogP contribution is -2.16. The maximum absolute atomic E-state index is 13.7. The third-order valence-electron chi connectivity index (χ3n) is 2.99. The Balaban J connectivity index is 3.00. The van der Waals surface area contributed by atoms with Gasteiger partial charge in [-0.05, 0) is 37.0 Å². The number of rotatable bonds is 5. The molecule has 3 nitrogen and oxygen atoms in total. The van der Waals surface area contributed by atoms with Gasteiger partial charge in [0.15, 0.2) is 11.6 Å². The second-order valence-electron chi connectivity index (χ2n) is 4.01. The molecule has 0 aliphatic rings. The highest BCUT2D eigenvalue weighted by Gasteiger charge is 2.18. The number of halogens is 1. The van der Waals surface area contributed by atoms with Crippen LogP contribution >= 0.6 is 0 Å². The molecule has 17 heavy (non-hydrogen) atoms. The first-order valence-electron chi connectivity index (χ1n) is 5.56. The minimum absolute atomic E-state index is 0.189. The fourth-order valence-corrected chi connectivity index (χ4v) is 1.75. The van der Waals surface area contributed by atoms with E-state index in [0.717, 1.165) is 5.56 Å². The molecule has 0 aliphatic carbocycles. The average molecular weight is 240 g/mol. The van der Waals surface area contributed by atoms with Crippen molar-refractivity contribution in [2.45, 2.75) is 26.7 Å². The van der Waals surface area contributed by atoms with Crippen LogP contribution in [-0.4, -0.2) is 18.2 Å². The van der Waals surface area contributed by atoms with Gasteiger partial charge in [0, 0.05) is 0 Å². The molecule has 1 unspecified atom stereocenters. The summed E-state index contributed by atoms with van der Waals surface area (Å²) in [6.45, 7) is 3.45. The Morgan fingerprint density at radius 3 is 2.65 bits per heavy atom. The number of aliphatic carboxylic acids is 1. The van der Waals surface area contributed by atoms with Crippen LogP contribution in [0.1, 0.15) is 24.5 Å². The number of benzene rings is 1. The zero-order valence-corrected chi connectivity index (χ0v) is 10.3. The first-order chi connectivity index (χ1) is 8.01. The van der Waals surface area contributed by atoms with E-state index in [2.05, 4.69) is 0 Å². The number of ether oxygens (including phenoxy) is 1. The van der Waals surface area contributed by atoms with E-state index < -0.39 is 17.7 Å². The van der Waals surface area contributed by atoms with Gasteiger partial charge in [-0.3, -0.25) is 4.79 Å². The van der Waals surface area contributed by atoms with Crippen molar-refractivity contribution in [2.75, 3.05) is 7.11 Å². The van der Waals surface area contributed by atoms with Crippen molar-refractivity contribution in [1.82, 2.24) is 0 Å². The molecule has 0 spiro atoms. The quantitative estimate of drug-likeness (QED) is 0.860. The molecule has 1 rings (SSSR count). The van der Waals surface area contributed by atoms with Gasteiger partial charge in [0.1, 0.15) is 0 Å². The van der Waals surface area contributed by atoms with Crippen molar-refractivity contribution in [3.8, 4) is 5.75 Å². The SMILES string of the molecule is CCC(Cc1ccc(OC)c(F)c1C)C(=O)O. The van der Waals surface area contributed by atoms with E-state index in [9.17, 15) is 9.18 Å². The molecule has 1 N–H and O–H groups in total. The van der Waals surface area contributed by atoms with E-state index in [4.69, 9.17) is 9.84 Å². The number of methoxy groups -OCH3 is 1. The van der Waals surface area contributed by atoms with E-state index in [1.807, 2.05) is 6.92 Å². The number of carboxylic acid groups (broad SMARTS) is 1. The van der Waals surface area contributed by atoms with E-state index in [1.165, 1.54) is 13.2 Å². The van der Waals surface area contributed by atoms with Crippen molar-refractivity contribution in [1.29, 1.82) is 0 Å². The van der Waals surface area contributed by atoms with E-state index in [0.29, 0.717) is 18.4 Å². The predicted molar refractivity (Wildman–Crippen MR) is 62.8 cm³/mol. The summed E-state index contributed by atoms with van der Waals surface area (Å²) in [5.74, 6) is -1.54. The van der Waals surface area contributed by atoms with E-state index in [-0.39, 0.29) is 5.75 Å². The summed E-state index contributed by atoms with van der Waals surface area (Å²) in [6, 6.07) is 3.26. The van der Waals surface area contributed by atoms with Gasteiger partial charge in [0.2, 0.25) is 0 Å². The molecule has 1 aromatic rings. The lowest BCUT2D eigenvalue weighted by molar-refractivity contribution is -0.141. The van der Waals surface area contributed by atoms with E-state index in [1.54, 1.807) is 13.0 Å². The fraction of sp³-hybridized carbons (Fsp3) is 0.462. The lowest BCUT2D eigenvalue weighted by atomic mass is 9.94. The Labute approximate surface area is 100 Å². The molecular weight excluding hydrogens is 223 g/mol. The molecule has 0 amide bonds. The van der Waals surface area contributed by atoms with Gasteiger partial charge in [0.05, 0.1) is 13.0 Å². The van der Waals surface area contributed by atoms with Crippen molar-refractivity contribution in [2.24, 2.45) is 5.92 Å². The highest BCUT2D eigenvalue weighted by molar-refractivity contribution is 5.70. The van der Waals surface area contributed by atoms with Gasteiger partial charge in [-0.25, -0.2) is 4.39 Å². The Bertz CT molecular complexity index is 415. The number of hydrogen-bond acceptors (Lipinski definition) is 2. The van der Waals surface area contributed by atoms with Gasteiger partial charge >= 0.3 is 5.97 Å². The normalized spacial score (nSPS) is 12.2. The minimum Gasteiger partial charge on any atom is -0.494 e. The highest BCUT2D eigenvalue weighted by Crippen LogP contribution is 2.25. The molecular formula is C13H17FO3. The zero-order chi connectivity index (χ0) is 13.0. The maximum Gasteiger partial charge on any atom is 0.306 e. The number of carboxylic acids is 1. The first kappa shape index (κ1) is 13.5. The van der Waals surface area contributed by atoms with Gasteiger partial charge in [-0.1, -0.05) is 13.0 Å². The average Bonchev–Trinajstić information content (AvgIpc) is 2.30. The molecule has 0 aliphatic heterocycles. The van der Waals surface area contributed by atoms with Crippen LogP contribution in [-0.2, 0) is 11.2 Å². The van der Waals surface area contributed by atoms with Gasteiger partial charge in [-0.2, -0.15) is 0 Å². The minimum atomic E-state index is -0.844. The molecule has 0 fully saturated rings. The lowest BCUT2D eigenvalue weighted by Gasteiger charge is -2.13. The van der Waals surface area contributed by atoms with Crippen LogP contribution in [0, 0.1) is 18.7 Å². The van der Waals surface area contributed by atoms with Gasteiger partial charge < -0.3 is 9.84 Å². The Kier molecular flexibility index (Phi) is 4.49. The summed E-state index contributed by atoms with van der Waals surface area (Å²) in [5.41, 5.74) is 1.18. The van der Waals surface area contributed by atoms with Crippen molar-refractivity contribution < 1.29 is 19.0 Å². The van der Waals surface area contributed by atoms with Crippen LogP contribution in [0.2, 0.25) is 0 Å². The molecule has 0 bridgehead atoms. The summed E-state index contributed by atoms with van der Waals surface area (Å²) >= 11 is 0. The van der Waals surface area contributed by atoms with Crippen LogP contribution in [0.15, 0.2) is 12.1 Å². The summed E-state index contributed by atoms with van der Waals surface area (Å²) in [7, 11) is 1.41. The standard InChI is InChI=1S/C13H17FO3/c1-4-9(13(15)16)7-10-5-6-11(17-3)12(14)8(10)2/h5-6,9H,4,7H2,1-3H3,(H,15,16). The Hall–Kier alpha value is -1.58. The maximum atomic E-state index is 13.7. The topological polar surface area (TPSA) is 46.5 Å². The largest absolute Gasteiger partial charge is 0.494 e. The summed E-state index contributed by atoms with van der Waals surface area (Å²) in [5, 5.41) is 8.98.